The first-order valence-corrected chi connectivity index (χ1v) is 17.9. The SMILES string of the molecule is CCCCOCC1O[C@@H](O[C@@H](C)C(COCCCC)O[C@@H](N=O)[C@H](COCCCC)OCCCC)[C@@H](OCCCC)C(OC)[C@H]1O. The molecule has 0 amide bonds. The van der Waals surface area contributed by atoms with Crippen LogP contribution in [0.2, 0.25) is 0 Å². The van der Waals surface area contributed by atoms with Gasteiger partial charge in [-0.3, -0.25) is 0 Å². The first kappa shape index (κ1) is 43.2. The maximum absolute atomic E-state index is 12.2. The van der Waals surface area contributed by atoms with Crippen molar-refractivity contribution in [2.75, 3.05) is 60.0 Å². The van der Waals surface area contributed by atoms with Crippen LogP contribution in [0.15, 0.2) is 5.18 Å². The van der Waals surface area contributed by atoms with Crippen molar-refractivity contribution in [1.29, 1.82) is 0 Å². The fraction of sp³-hybridized carbons (Fsp3) is 1.00. The second-order valence-electron chi connectivity index (χ2n) is 12.0. The summed E-state index contributed by atoms with van der Waals surface area (Å²) in [6.45, 7) is 15.4. The van der Waals surface area contributed by atoms with Gasteiger partial charge in [0.25, 0.3) is 0 Å². The fourth-order valence-corrected chi connectivity index (χ4v) is 4.82. The van der Waals surface area contributed by atoms with Gasteiger partial charge in [-0.1, -0.05) is 66.7 Å². The zero-order chi connectivity index (χ0) is 34.0. The van der Waals surface area contributed by atoms with Gasteiger partial charge in [-0.15, -0.1) is 4.91 Å². The largest absolute Gasteiger partial charge is 0.387 e. The zero-order valence-electron chi connectivity index (χ0n) is 29.9. The highest BCUT2D eigenvalue weighted by Gasteiger charge is 2.48. The smallest absolute Gasteiger partial charge is 0.218 e. The third-order valence-corrected chi connectivity index (χ3v) is 7.91. The molecule has 0 spiro atoms. The molecule has 0 aromatic rings. The average Bonchev–Trinajstić information content (AvgIpc) is 3.05. The molecule has 274 valence electrons. The van der Waals surface area contributed by atoms with E-state index in [0.29, 0.717) is 33.0 Å². The molecule has 3 unspecified atom stereocenters. The zero-order valence-corrected chi connectivity index (χ0v) is 29.9. The summed E-state index contributed by atoms with van der Waals surface area (Å²) in [5.74, 6) is 0. The van der Waals surface area contributed by atoms with Crippen LogP contribution in [0, 0.1) is 4.91 Å². The molecule has 1 saturated heterocycles. The molecule has 1 aliphatic rings. The third-order valence-electron chi connectivity index (χ3n) is 7.91. The molecule has 0 aliphatic carbocycles. The van der Waals surface area contributed by atoms with E-state index >= 15 is 0 Å². The number of unbranched alkanes of at least 4 members (excludes halogenated alkanes) is 5. The highest BCUT2D eigenvalue weighted by Crippen LogP contribution is 2.29. The van der Waals surface area contributed by atoms with E-state index in [2.05, 4.69) is 39.8 Å². The molecule has 9 atom stereocenters. The Morgan fingerprint density at radius 2 is 1.28 bits per heavy atom. The van der Waals surface area contributed by atoms with Gasteiger partial charge >= 0.3 is 0 Å². The van der Waals surface area contributed by atoms with Crippen molar-refractivity contribution in [3.8, 4) is 0 Å². The minimum atomic E-state index is -1.14. The monoisotopic (exact) mass is 665 g/mol. The highest BCUT2D eigenvalue weighted by atomic mass is 16.7. The molecule has 1 heterocycles. The van der Waals surface area contributed by atoms with E-state index < -0.39 is 55.2 Å². The Labute approximate surface area is 278 Å². The van der Waals surface area contributed by atoms with Crippen LogP contribution in [0.4, 0.5) is 0 Å². The summed E-state index contributed by atoms with van der Waals surface area (Å²) in [5.41, 5.74) is 0. The topological polar surface area (TPSA) is 133 Å². The Kier molecular flexibility index (Phi) is 26.4. The number of rotatable bonds is 31. The molecule has 0 aromatic carbocycles. The van der Waals surface area contributed by atoms with Gasteiger partial charge in [-0.05, 0) is 44.2 Å². The van der Waals surface area contributed by atoms with Gasteiger partial charge in [0, 0.05) is 40.1 Å². The van der Waals surface area contributed by atoms with Gasteiger partial charge in [-0.2, -0.15) is 0 Å². The number of methoxy groups -OCH3 is 1. The number of nitrogens with zero attached hydrogens (tertiary/aromatic N) is 1. The number of aliphatic hydroxyl groups is 1. The molecule has 1 fully saturated rings. The van der Waals surface area contributed by atoms with Gasteiger partial charge in [-0.25, -0.2) is 0 Å². The van der Waals surface area contributed by atoms with Crippen molar-refractivity contribution in [3.05, 3.63) is 4.91 Å². The molecule has 12 heteroatoms. The molecule has 0 radical (unpaired) electrons. The van der Waals surface area contributed by atoms with Crippen molar-refractivity contribution in [3.63, 3.8) is 0 Å². The Hall–Kier alpha value is -0.800. The first-order valence-electron chi connectivity index (χ1n) is 17.9. The molecule has 0 bridgehead atoms. The summed E-state index contributed by atoms with van der Waals surface area (Å²) in [4.78, 5) is 12.2. The Bertz CT molecular complexity index is 706. The molecule has 1 N–H and O–H groups in total. The van der Waals surface area contributed by atoms with Gasteiger partial charge in [0.05, 0.1) is 25.9 Å². The van der Waals surface area contributed by atoms with Gasteiger partial charge in [0.2, 0.25) is 6.23 Å². The predicted octanol–water partition coefficient (Wildman–Crippen LogP) is 5.79. The van der Waals surface area contributed by atoms with E-state index in [4.69, 9.17) is 42.6 Å². The lowest BCUT2D eigenvalue weighted by Crippen LogP contribution is -2.62. The van der Waals surface area contributed by atoms with Gasteiger partial charge < -0.3 is 47.7 Å². The van der Waals surface area contributed by atoms with Crippen LogP contribution < -0.4 is 0 Å². The van der Waals surface area contributed by atoms with Crippen LogP contribution in [-0.4, -0.2) is 120 Å². The summed E-state index contributed by atoms with van der Waals surface area (Å²) in [7, 11) is 1.54. The second kappa shape index (κ2) is 28.1. The number of hydrogen-bond donors (Lipinski definition) is 1. The fourth-order valence-electron chi connectivity index (χ4n) is 4.82. The Balaban J connectivity index is 3.20. The first-order chi connectivity index (χ1) is 22.4. The van der Waals surface area contributed by atoms with E-state index in [-0.39, 0.29) is 19.8 Å². The van der Waals surface area contributed by atoms with Crippen LogP contribution >= 0.6 is 0 Å². The summed E-state index contributed by atoms with van der Waals surface area (Å²) >= 11 is 0. The van der Waals surface area contributed by atoms with Crippen LogP contribution in [0.1, 0.15) is 106 Å². The van der Waals surface area contributed by atoms with Crippen LogP contribution in [-0.2, 0) is 42.6 Å². The van der Waals surface area contributed by atoms with Crippen LogP contribution in [0.25, 0.3) is 0 Å². The van der Waals surface area contributed by atoms with Crippen molar-refractivity contribution in [2.24, 2.45) is 5.18 Å². The van der Waals surface area contributed by atoms with Crippen LogP contribution in [0.3, 0.4) is 0 Å². The summed E-state index contributed by atoms with van der Waals surface area (Å²) < 4.78 is 54.8. The molecule has 1 rings (SSSR count). The van der Waals surface area contributed by atoms with E-state index in [1.165, 1.54) is 0 Å². The van der Waals surface area contributed by atoms with Crippen molar-refractivity contribution in [1.82, 2.24) is 0 Å². The number of aliphatic hydroxyl groups excluding tert-OH is 1. The minimum Gasteiger partial charge on any atom is -0.387 e. The molecular weight excluding hydrogens is 598 g/mol. The highest BCUT2D eigenvalue weighted by molar-refractivity contribution is 4.92. The molecule has 1 aliphatic heterocycles. The van der Waals surface area contributed by atoms with E-state index in [9.17, 15) is 10.0 Å². The maximum atomic E-state index is 12.2. The van der Waals surface area contributed by atoms with Crippen molar-refractivity contribution >= 4 is 0 Å². The second-order valence-corrected chi connectivity index (χ2v) is 12.0. The number of ether oxygens (including phenoxy) is 9. The average molecular weight is 666 g/mol. The number of nitroso groups, excluding NO2 is 1. The molecule has 12 nitrogen and oxygen atoms in total. The Morgan fingerprint density at radius 3 is 1.85 bits per heavy atom. The number of hydrogen-bond acceptors (Lipinski definition) is 12. The molecule has 46 heavy (non-hydrogen) atoms. The summed E-state index contributed by atoms with van der Waals surface area (Å²) in [6.07, 6.45) is 2.13. The standard InChI is InChI=1S/C34H67NO11/c1-8-13-18-39-23-27(45-33(35-37)29(42-21-16-11-4)25-41-20-15-10-3)26(6)44-34-32(43-22-17-12-5)31(38-7)30(36)28(46-34)24-40-19-14-9-2/h26-34,36H,8-25H2,1-7H3/t26-,27?,28?,29-,30-,31?,32-,33+,34+/m0/s1. The van der Waals surface area contributed by atoms with Gasteiger partial charge in [0.15, 0.2) is 6.29 Å². The molecule has 0 aromatic heterocycles. The third kappa shape index (κ3) is 17.0. The lowest BCUT2D eigenvalue weighted by Gasteiger charge is -2.45. The summed E-state index contributed by atoms with van der Waals surface area (Å²) in [5, 5.41) is 14.5. The molecular formula is C34H67NO11. The Morgan fingerprint density at radius 1 is 0.739 bits per heavy atom. The van der Waals surface area contributed by atoms with Gasteiger partial charge in [0.1, 0.15) is 36.6 Å². The lowest BCUT2D eigenvalue weighted by atomic mass is 9.98. The van der Waals surface area contributed by atoms with E-state index in [1.54, 1.807) is 7.11 Å². The minimum absolute atomic E-state index is 0.166. The molecule has 0 saturated carbocycles. The van der Waals surface area contributed by atoms with E-state index in [0.717, 1.165) is 64.2 Å². The van der Waals surface area contributed by atoms with Crippen molar-refractivity contribution < 1.29 is 47.7 Å². The van der Waals surface area contributed by atoms with E-state index in [1.807, 2.05) is 6.92 Å². The maximum Gasteiger partial charge on any atom is 0.218 e. The summed E-state index contributed by atoms with van der Waals surface area (Å²) in [6, 6.07) is 0. The van der Waals surface area contributed by atoms with Crippen molar-refractivity contribution in [2.45, 2.75) is 161 Å². The quantitative estimate of drug-likeness (QED) is 0.0713. The normalized spacial score (nSPS) is 24.5. The lowest BCUT2D eigenvalue weighted by molar-refractivity contribution is -0.330. The predicted molar refractivity (Wildman–Crippen MR) is 177 cm³/mol. The van der Waals surface area contributed by atoms with Crippen LogP contribution in [0.5, 0.6) is 0 Å².